The molecule has 1 aromatic carbocycles. The zero-order chi connectivity index (χ0) is 14.7. The van der Waals surface area contributed by atoms with Crippen molar-refractivity contribution in [2.45, 2.75) is 31.9 Å². The molecule has 0 unspecified atom stereocenters. The first-order chi connectivity index (χ1) is 9.51. The highest BCUT2D eigenvalue weighted by Crippen LogP contribution is 2.29. The topological polar surface area (TPSA) is 102 Å². The van der Waals surface area contributed by atoms with Gasteiger partial charge in [-0.3, -0.25) is 10.1 Å². The molecule has 2 rings (SSSR count). The van der Waals surface area contributed by atoms with Crippen molar-refractivity contribution in [3.05, 3.63) is 33.9 Å². The number of carboxylic acids is 1. The third-order valence-corrected chi connectivity index (χ3v) is 3.29. The van der Waals surface area contributed by atoms with Crippen LogP contribution >= 0.6 is 0 Å². The molecule has 0 bridgehead atoms. The van der Waals surface area contributed by atoms with Gasteiger partial charge in [-0.25, -0.2) is 4.79 Å². The number of aromatic carboxylic acids is 1. The maximum atomic E-state index is 10.9. The SMILES string of the molecule is CCOC1CC(Nc2ccc(C(=O)O)c([N+](=O)[O-])c2)C1. The van der Waals surface area contributed by atoms with E-state index in [-0.39, 0.29) is 17.7 Å². The van der Waals surface area contributed by atoms with Crippen LogP contribution in [0, 0.1) is 10.1 Å². The van der Waals surface area contributed by atoms with Crippen molar-refractivity contribution in [2.24, 2.45) is 0 Å². The van der Waals surface area contributed by atoms with E-state index in [0.29, 0.717) is 12.3 Å². The molecule has 7 nitrogen and oxygen atoms in total. The van der Waals surface area contributed by atoms with E-state index in [1.807, 2.05) is 6.92 Å². The number of carbonyl (C=O) groups is 1. The third-order valence-electron chi connectivity index (χ3n) is 3.29. The molecule has 0 aromatic heterocycles. The molecule has 7 heteroatoms. The fraction of sp³-hybridized carbons (Fsp3) is 0.462. The summed E-state index contributed by atoms with van der Waals surface area (Å²) in [6.45, 7) is 2.62. The quantitative estimate of drug-likeness (QED) is 0.612. The second-order valence-electron chi connectivity index (χ2n) is 4.68. The van der Waals surface area contributed by atoms with E-state index in [2.05, 4.69) is 5.32 Å². The van der Waals surface area contributed by atoms with Gasteiger partial charge < -0.3 is 15.2 Å². The monoisotopic (exact) mass is 280 g/mol. The number of ether oxygens (including phenoxy) is 1. The number of carboxylic acid groups (broad SMARTS) is 1. The van der Waals surface area contributed by atoms with Crippen molar-refractivity contribution in [3.8, 4) is 0 Å². The van der Waals surface area contributed by atoms with E-state index < -0.39 is 16.6 Å². The number of hydrogen-bond donors (Lipinski definition) is 2. The van der Waals surface area contributed by atoms with Crippen LogP contribution in [-0.4, -0.2) is 34.8 Å². The predicted octanol–water partition coefficient (Wildman–Crippen LogP) is 2.27. The van der Waals surface area contributed by atoms with Crippen LogP contribution in [0.4, 0.5) is 11.4 Å². The Hall–Kier alpha value is -2.15. The second-order valence-corrected chi connectivity index (χ2v) is 4.68. The van der Waals surface area contributed by atoms with Gasteiger partial charge in [0.1, 0.15) is 5.56 Å². The number of benzene rings is 1. The lowest BCUT2D eigenvalue weighted by atomic mass is 9.89. The molecule has 0 heterocycles. The number of nitro groups is 1. The summed E-state index contributed by atoms with van der Waals surface area (Å²) in [5.41, 5.74) is -0.147. The molecule has 0 aliphatic heterocycles. The van der Waals surface area contributed by atoms with Crippen LogP contribution < -0.4 is 5.32 Å². The Kier molecular flexibility index (Phi) is 4.19. The Morgan fingerprint density at radius 2 is 2.25 bits per heavy atom. The normalized spacial score (nSPS) is 21.1. The van der Waals surface area contributed by atoms with Gasteiger partial charge in [-0.05, 0) is 31.9 Å². The van der Waals surface area contributed by atoms with Gasteiger partial charge in [-0.1, -0.05) is 0 Å². The van der Waals surface area contributed by atoms with Gasteiger partial charge in [0.15, 0.2) is 0 Å². The molecule has 0 radical (unpaired) electrons. The highest BCUT2D eigenvalue weighted by molar-refractivity contribution is 5.93. The van der Waals surface area contributed by atoms with E-state index in [1.54, 1.807) is 6.07 Å². The van der Waals surface area contributed by atoms with Crippen LogP contribution in [0.15, 0.2) is 18.2 Å². The molecule has 0 saturated heterocycles. The standard InChI is InChI=1S/C13H16N2O5/c1-2-20-10-5-9(6-10)14-8-3-4-11(13(16)17)12(7-8)15(18)19/h3-4,7,9-10,14H,2,5-6H2,1H3,(H,16,17). The lowest BCUT2D eigenvalue weighted by Crippen LogP contribution is -2.40. The Morgan fingerprint density at radius 3 is 2.80 bits per heavy atom. The van der Waals surface area contributed by atoms with E-state index in [4.69, 9.17) is 9.84 Å². The number of nitro benzene ring substituents is 1. The van der Waals surface area contributed by atoms with Gasteiger partial charge in [-0.2, -0.15) is 0 Å². The molecule has 1 aromatic rings. The Morgan fingerprint density at radius 1 is 1.55 bits per heavy atom. The summed E-state index contributed by atoms with van der Waals surface area (Å²) in [5, 5.41) is 22.9. The molecule has 20 heavy (non-hydrogen) atoms. The maximum absolute atomic E-state index is 10.9. The number of nitrogens with zero attached hydrogens (tertiary/aromatic N) is 1. The molecule has 2 N–H and O–H groups in total. The summed E-state index contributed by atoms with van der Waals surface area (Å²) in [6, 6.07) is 4.27. The average molecular weight is 280 g/mol. The smallest absolute Gasteiger partial charge is 0.342 e. The molecule has 108 valence electrons. The fourth-order valence-electron chi connectivity index (χ4n) is 2.24. The summed E-state index contributed by atoms with van der Waals surface area (Å²) < 4.78 is 5.43. The first kappa shape index (κ1) is 14.3. The zero-order valence-corrected chi connectivity index (χ0v) is 11.0. The van der Waals surface area contributed by atoms with Crippen LogP contribution in [0.5, 0.6) is 0 Å². The number of hydrogen-bond acceptors (Lipinski definition) is 5. The molecule has 1 saturated carbocycles. The van der Waals surface area contributed by atoms with Gasteiger partial charge in [0.05, 0.1) is 11.0 Å². The van der Waals surface area contributed by atoms with Crippen LogP contribution in [0.2, 0.25) is 0 Å². The number of nitrogens with one attached hydrogen (secondary N) is 1. The van der Waals surface area contributed by atoms with Crippen molar-refractivity contribution in [3.63, 3.8) is 0 Å². The molecule has 0 atom stereocenters. The molecular weight excluding hydrogens is 264 g/mol. The minimum Gasteiger partial charge on any atom is -0.477 e. The molecule has 0 amide bonds. The molecule has 1 aliphatic rings. The summed E-state index contributed by atoms with van der Waals surface area (Å²) in [6.07, 6.45) is 1.94. The van der Waals surface area contributed by atoms with Crippen LogP contribution in [0.25, 0.3) is 0 Å². The summed E-state index contributed by atoms with van der Waals surface area (Å²) in [5.74, 6) is -1.30. The van der Waals surface area contributed by atoms with Gasteiger partial charge in [0.25, 0.3) is 5.69 Å². The van der Waals surface area contributed by atoms with Gasteiger partial charge in [0, 0.05) is 24.4 Å². The van der Waals surface area contributed by atoms with Crippen LogP contribution in [0.3, 0.4) is 0 Å². The van der Waals surface area contributed by atoms with E-state index in [0.717, 1.165) is 12.8 Å². The summed E-state index contributed by atoms with van der Waals surface area (Å²) in [7, 11) is 0. The molecule has 1 aliphatic carbocycles. The molecular formula is C13H16N2O5. The minimum absolute atomic E-state index is 0.210. The van der Waals surface area contributed by atoms with Crippen molar-refractivity contribution >= 4 is 17.3 Å². The number of anilines is 1. The van der Waals surface area contributed by atoms with Crippen molar-refractivity contribution < 1.29 is 19.6 Å². The van der Waals surface area contributed by atoms with Crippen molar-refractivity contribution in [2.75, 3.05) is 11.9 Å². The fourth-order valence-corrected chi connectivity index (χ4v) is 2.24. The average Bonchev–Trinajstić information content (AvgIpc) is 2.35. The van der Waals surface area contributed by atoms with Gasteiger partial charge in [-0.15, -0.1) is 0 Å². The summed E-state index contributed by atoms with van der Waals surface area (Å²) in [4.78, 5) is 21.1. The summed E-state index contributed by atoms with van der Waals surface area (Å²) >= 11 is 0. The minimum atomic E-state index is -1.30. The Labute approximate surface area is 115 Å². The Bertz CT molecular complexity index is 525. The zero-order valence-electron chi connectivity index (χ0n) is 11.0. The van der Waals surface area contributed by atoms with E-state index >= 15 is 0 Å². The number of rotatable bonds is 6. The van der Waals surface area contributed by atoms with Gasteiger partial charge in [0.2, 0.25) is 0 Å². The van der Waals surface area contributed by atoms with Crippen molar-refractivity contribution in [1.29, 1.82) is 0 Å². The van der Waals surface area contributed by atoms with Gasteiger partial charge >= 0.3 is 5.97 Å². The maximum Gasteiger partial charge on any atom is 0.342 e. The van der Waals surface area contributed by atoms with Crippen LogP contribution in [0.1, 0.15) is 30.1 Å². The Balaban J connectivity index is 2.05. The lowest BCUT2D eigenvalue weighted by molar-refractivity contribution is -0.385. The second kappa shape index (κ2) is 5.87. The largest absolute Gasteiger partial charge is 0.477 e. The highest BCUT2D eigenvalue weighted by Gasteiger charge is 2.30. The van der Waals surface area contributed by atoms with E-state index in [1.165, 1.54) is 12.1 Å². The first-order valence-corrected chi connectivity index (χ1v) is 6.41. The third kappa shape index (κ3) is 3.05. The van der Waals surface area contributed by atoms with Crippen LogP contribution in [-0.2, 0) is 4.74 Å². The van der Waals surface area contributed by atoms with Crippen molar-refractivity contribution in [1.82, 2.24) is 0 Å². The highest BCUT2D eigenvalue weighted by atomic mass is 16.6. The molecule has 1 fully saturated rings. The molecule has 0 spiro atoms. The lowest BCUT2D eigenvalue weighted by Gasteiger charge is -2.36. The van der Waals surface area contributed by atoms with E-state index in [9.17, 15) is 14.9 Å². The first-order valence-electron chi connectivity index (χ1n) is 6.41. The predicted molar refractivity (Wildman–Crippen MR) is 72.1 cm³/mol.